The summed E-state index contributed by atoms with van der Waals surface area (Å²) in [6, 6.07) is 7.89. The first-order valence-electron chi connectivity index (χ1n) is 9.90. The summed E-state index contributed by atoms with van der Waals surface area (Å²) >= 11 is 0. The number of hydrogen-bond acceptors (Lipinski definition) is 4. The van der Waals surface area contributed by atoms with Crippen LogP contribution >= 0.6 is 0 Å². The molecule has 0 aliphatic carbocycles. The van der Waals surface area contributed by atoms with Crippen LogP contribution in [0.3, 0.4) is 0 Å². The molecule has 8 heteroatoms. The van der Waals surface area contributed by atoms with E-state index >= 15 is 0 Å². The second-order valence-corrected chi connectivity index (χ2v) is 7.98. The van der Waals surface area contributed by atoms with Crippen LogP contribution in [0.2, 0.25) is 0 Å². The molecule has 30 heavy (non-hydrogen) atoms. The molecule has 153 valence electrons. The van der Waals surface area contributed by atoms with Crippen LogP contribution < -0.4 is 4.90 Å². The summed E-state index contributed by atoms with van der Waals surface area (Å²) in [4.78, 5) is 11.5. The predicted octanol–water partition coefficient (Wildman–Crippen LogP) is 4.35. The van der Waals surface area contributed by atoms with E-state index in [1.54, 1.807) is 17.2 Å². The SMILES string of the molecule is Cc1c[c]c(-n2nccn2)c(N2CCC[C@@]2(C)c2nc3c(F)c(F)ccc3[nH]2)c1C. The lowest BCUT2D eigenvalue weighted by Crippen LogP contribution is -2.40. The summed E-state index contributed by atoms with van der Waals surface area (Å²) in [5.41, 5.74) is 3.91. The minimum atomic E-state index is -0.926. The zero-order valence-electron chi connectivity index (χ0n) is 17.0. The zero-order chi connectivity index (χ0) is 21.0. The number of hydrogen-bond donors (Lipinski definition) is 1. The van der Waals surface area contributed by atoms with E-state index in [2.05, 4.69) is 45.0 Å². The van der Waals surface area contributed by atoms with Gasteiger partial charge in [0.25, 0.3) is 0 Å². The molecule has 4 aromatic rings. The largest absolute Gasteiger partial charge is 0.357 e. The molecule has 0 saturated carbocycles. The third-order valence-electron chi connectivity index (χ3n) is 6.18. The monoisotopic (exact) mass is 407 g/mol. The number of aryl methyl sites for hydroxylation is 1. The number of halogens is 2. The molecule has 1 radical (unpaired) electrons. The Labute approximate surface area is 172 Å². The number of benzene rings is 2. The number of anilines is 1. The van der Waals surface area contributed by atoms with E-state index in [0.717, 1.165) is 48.0 Å². The highest BCUT2D eigenvalue weighted by atomic mass is 19.2. The second kappa shape index (κ2) is 6.62. The summed E-state index contributed by atoms with van der Waals surface area (Å²) in [5.74, 6) is -1.21. The van der Waals surface area contributed by atoms with Crippen molar-refractivity contribution in [3.8, 4) is 5.69 Å². The lowest BCUT2D eigenvalue weighted by atomic mass is 9.95. The molecule has 3 heterocycles. The van der Waals surface area contributed by atoms with E-state index in [1.165, 1.54) is 6.07 Å². The lowest BCUT2D eigenvalue weighted by Gasteiger charge is -2.37. The van der Waals surface area contributed by atoms with Crippen molar-refractivity contribution in [2.75, 3.05) is 11.4 Å². The van der Waals surface area contributed by atoms with Gasteiger partial charge in [-0.15, -0.1) is 4.80 Å². The van der Waals surface area contributed by atoms with Crippen LogP contribution in [0.1, 0.15) is 36.7 Å². The fourth-order valence-corrected chi connectivity index (χ4v) is 4.37. The Morgan fingerprint density at radius 1 is 1.17 bits per heavy atom. The average Bonchev–Trinajstić information content (AvgIpc) is 3.47. The fraction of sp³-hybridized carbons (Fsp3) is 0.318. The first-order valence-corrected chi connectivity index (χ1v) is 9.90. The molecule has 1 fully saturated rings. The molecule has 1 aliphatic heterocycles. The Hall–Kier alpha value is -3.29. The number of nitrogens with one attached hydrogen (secondary N) is 1. The van der Waals surface area contributed by atoms with E-state index in [9.17, 15) is 8.78 Å². The molecule has 0 amide bonds. The Bertz CT molecular complexity index is 1250. The van der Waals surface area contributed by atoms with Crippen LogP contribution in [0.5, 0.6) is 0 Å². The predicted molar refractivity (Wildman–Crippen MR) is 110 cm³/mol. The molecule has 1 saturated heterocycles. The number of nitrogens with zero attached hydrogens (tertiary/aromatic N) is 5. The summed E-state index contributed by atoms with van der Waals surface area (Å²) in [6.45, 7) is 6.98. The highest BCUT2D eigenvalue weighted by Crippen LogP contribution is 2.44. The van der Waals surface area contributed by atoms with Gasteiger partial charge in [0.15, 0.2) is 11.6 Å². The van der Waals surface area contributed by atoms with E-state index in [1.807, 2.05) is 13.0 Å². The normalized spacial score (nSPS) is 19.2. The summed E-state index contributed by atoms with van der Waals surface area (Å²) in [7, 11) is 0. The summed E-state index contributed by atoms with van der Waals surface area (Å²) in [6.07, 6.45) is 5.01. The average molecular weight is 407 g/mol. The van der Waals surface area contributed by atoms with Gasteiger partial charge in [0.1, 0.15) is 17.0 Å². The third-order valence-corrected chi connectivity index (χ3v) is 6.18. The van der Waals surface area contributed by atoms with Crippen LogP contribution in [0.15, 0.2) is 30.6 Å². The first kappa shape index (κ1) is 18.7. The van der Waals surface area contributed by atoms with Gasteiger partial charge in [0, 0.05) is 12.6 Å². The van der Waals surface area contributed by atoms with Gasteiger partial charge in [-0.3, -0.25) is 0 Å². The van der Waals surface area contributed by atoms with Crippen molar-refractivity contribution < 1.29 is 8.78 Å². The van der Waals surface area contributed by atoms with Gasteiger partial charge in [-0.25, -0.2) is 13.8 Å². The first-order chi connectivity index (χ1) is 14.4. The van der Waals surface area contributed by atoms with Crippen molar-refractivity contribution in [2.45, 2.75) is 39.2 Å². The lowest BCUT2D eigenvalue weighted by molar-refractivity contribution is 0.464. The highest BCUT2D eigenvalue weighted by Gasteiger charge is 2.43. The maximum absolute atomic E-state index is 14.3. The molecule has 0 spiro atoms. The fourth-order valence-electron chi connectivity index (χ4n) is 4.37. The van der Waals surface area contributed by atoms with Crippen molar-refractivity contribution in [1.82, 2.24) is 25.0 Å². The molecule has 2 aromatic carbocycles. The van der Waals surface area contributed by atoms with Gasteiger partial charge < -0.3 is 9.88 Å². The van der Waals surface area contributed by atoms with Gasteiger partial charge in [0.05, 0.1) is 29.1 Å². The van der Waals surface area contributed by atoms with Crippen molar-refractivity contribution in [1.29, 1.82) is 0 Å². The number of aromatic amines is 1. The van der Waals surface area contributed by atoms with Crippen LogP contribution in [-0.4, -0.2) is 31.5 Å². The molecule has 1 aliphatic rings. The minimum Gasteiger partial charge on any atom is -0.357 e. The molecule has 6 nitrogen and oxygen atoms in total. The van der Waals surface area contributed by atoms with Crippen LogP contribution in [0.4, 0.5) is 14.5 Å². The molecule has 2 aromatic heterocycles. The van der Waals surface area contributed by atoms with Crippen molar-refractivity contribution in [3.63, 3.8) is 0 Å². The highest BCUT2D eigenvalue weighted by molar-refractivity contribution is 5.77. The van der Waals surface area contributed by atoms with Crippen molar-refractivity contribution >= 4 is 16.7 Å². The quantitative estimate of drug-likeness (QED) is 0.548. The topological polar surface area (TPSA) is 62.6 Å². The van der Waals surface area contributed by atoms with E-state index < -0.39 is 17.2 Å². The van der Waals surface area contributed by atoms with Gasteiger partial charge in [-0.2, -0.15) is 10.2 Å². The Morgan fingerprint density at radius 2 is 1.93 bits per heavy atom. The van der Waals surface area contributed by atoms with Gasteiger partial charge in [0.2, 0.25) is 0 Å². The Morgan fingerprint density at radius 3 is 2.70 bits per heavy atom. The Balaban J connectivity index is 1.70. The number of rotatable bonds is 3. The van der Waals surface area contributed by atoms with Gasteiger partial charge in [-0.1, -0.05) is 0 Å². The molecule has 1 atom stereocenters. The number of imidazole rings is 1. The maximum atomic E-state index is 14.3. The van der Waals surface area contributed by atoms with Crippen LogP contribution in [0, 0.1) is 31.5 Å². The van der Waals surface area contributed by atoms with Crippen LogP contribution in [0.25, 0.3) is 16.7 Å². The molecule has 0 bridgehead atoms. The third kappa shape index (κ3) is 2.63. The van der Waals surface area contributed by atoms with Gasteiger partial charge >= 0.3 is 0 Å². The number of aromatic nitrogens is 5. The van der Waals surface area contributed by atoms with Crippen molar-refractivity contribution in [3.05, 3.63) is 65.2 Å². The molecule has 1 N–H and O–H groups in total. The summed E-state index contributed by atoms with van der Waals surface area (Å²) in [5, 5.41) is 8.60. The van der Waals surface area contributed by atoms with Crippen molar-refractivity contribution in [2.24, 2.45) is 0 Å². The van der Waals surface area contributed by atoms with Gasteiger partial charge in [-0.05, 0) is 62.9 Å². The second-order valence-electron chi connectivity index (χ2n) is 7.98. The minimum absolute atomic E-state index is 0.0274. The molecular formula is C22H21F2N6. The zero-order valence-corrected chi connectivity index (χ0v) is 17.0. The number of H-pyrrole nitrogens is 1. The Kier molecular flexibility index (Phi) is 4.13. The standard InChI is InChI=1S/C22H21F2N6/c1-13-5-8-17(30-25-10-11-26-30)20(14(13)2)29-12-4-9-22(29,3)21-27-16-7-6-15(23)18(24)19(16)28-21/h5-7,10-11H,4,9,12H2,1-3H3,(H,27,28)/t22-/m0/s1. The summed E-state index contributed by atoms with van der Waals surface area (Å²) < 4.78 is 28.0. The molecule has 0 unspecified atom stereocenters. The van der Waals surface area contributed by atoms with E-state index in [-0.39, 0.29) is 5.52 Å². The van der Waals surface area contributed by atoms with E-state index in [0.29, 0.717) is 11.3 Å². The molecular weight excluding hydrogens is 386 g/mol. The van der Waals surface area contributed by atoms with Crippen LogP contribution in [-0.2, 0) is 5.54 Å². The number of fused-ring (bicyclic) bond motifs is 1. The maximum Gasteiger partial charge on any atom is 0.186 e. The van der Waals surface area contributed by atoms with E-state index in [4.69, 9.17) is 0 Å². The smallest absolute Gasteiger partial charge is 0.186 e. The molecule has 5 rings (SSSR count).